The highest BCUT2D eigenvalue weighted by Crippen LogP contribution is 2.18. The summed E-state index contributed by atoms with van der Waals surface area (Å²) in [6.45, 7) is 3.93. The van der Waals surface area contributed by atoms with E-state index in [4.69, 9.17) is 0 Å². The lowest BCUT2D eigenvalue weighted by atomic mass is 10.1. The number of halogens is 2. The Balaban J connectivity index is 1.95. The monoisotopic (exact) mass is 388 g/mol. The molecule has 0 bridgehead atoms. The van der Waals surface area contributed by atoms with Gasteiger partial charge in [0.25, 0.3) is 5.56 Å². The molecule has 29 heavy (non-hydrogen) atoms. The maximum absolute atomic E-state index is 13.5. The first-order valence-corrected chi connectivity index (χ1v) is 9.16. The number of aryl methyl sites for hydroxylation is 2. The van der Waals surface area contributed by atoms with Gasteiger partial charge in [-0.3, -0.25) is 9.36 Å². The van der Waals surface area contributed by atoms with E-state index in [2.05, 4.69) is 4.98 Å². The minimum absolute atomic E-state index is 0.189. The zero-order valence-corrected chi connectivity index (χ0v) is 16.0. The number of rotatable bonds is 3. The SMILES string of the molecule is Cc1cc(C)cc(-n2c(C=Cc3ccc(F)c(F)c3)nc3ccccc3c2=O)c1. The number of nitrogens with zero attached hydrogens (tertiary/aromatic N) is 2. The highest BCUT2D eigenvalue weighted by molar-refractivity contribution is 5.80. The quantitative estimate of drug-likeness (QED) is 0.468. The van der Waals surface area contributed by atoms with Crippen molar-refractivity contribution in [2.75, 3.05) is 0 Å². The third kappa shape index (κ3) is 3.72. The molecule has 4 aromatic rings. The molecule has 3 aromatic carbocycles. The van der Waals surface area contributed by atoms with Crippen LogP contribution >= 0.6 is 0 Å². The highest BCUT2D eigenvalue weighted by Gasteiger charge is 2.12. The molecule has 0 aliphatic rings. The Labute approximate surface area is 166 Å². The summed E-state index contributed by atoms with van der Waals surface area (Å²) in [7, 11) is 0. The lowest BCUT2D eigenvalue weighted by Gasteiger charge is -2.13. The summed E-state index contributed by atoms with van der Waals surface area (Å²) in [5, 5.41) is 0.511. The van der Waals surface area contributed by atoms with Gasteiger partial charge in [-0.1, -0.05) is 30.3 Å². The standard InChI is InChI=1S/C24H18F2N2O/c1-15-11-16(2)13-18(12-15)28-23(10-8-17-7-9-20(25)21(26)14-17)27-22-6-4-3-5-19(22)24(28)29/h3-14H,1-2H3. The van der Waals surface area contributed by atoms with E-state index in [1.54, 1.807) is 34.9 Å². The largest absolute Gasteiger partial charge is 0.268 e. The van der Waals surface area contributed by atoms with Gasteiger partial charge in [0.15, 0.2) is 11.6 Å². The van der Waals surface area contributed by atoms with Gasteiger partial charge in [0, 0.05) is 0 Å². The topological polar surface area (TPSA) is 34.9 Å². The van der Waals surface area contributed by atoms with Crippen molar-refractivity contribution >= 4 is 23.1 Å². The molecule has 0 N–H and O–H groups in total. The van der Waals surface area contributed by atoms with E-state index in [0.29, 0.717) is 28.0 Å². The van der Waals surface area contributed by atoms with Crippen LogP contribution in [0.5, 0.6) is 0 Å². The number of hydrogen-bond acceptors (Lipinski definition) is 2. The molecule has 3 nitrogen and oxygen atoms in total. The molecule has 0 atom stereocenters. The zero-order chi connectivity index (χ0) is 20.5. The summed E-state index contributed by atoms with van der Waals surface area (Å²) in [4.78, 5) is 17.9. The average Bonchev–Trinajstić information content (AvgIpc) is 2.68. The fraction of sp³-hybridized carbons (Fsp3) is 0.0833. The second-order valence-corrected chi connectivity index (χ2v) is 6.98. The van der Waals surface area contributed by atoms with Gasteiger partial charge in [0.05, 0.1) is 16.6 Å². The molecule has 5 heteroatoms. The van der Waals surface area contributed by atoms with Gasteiger partial charge in [-0.15, -0.1) is 0 Å². The lowest BCUT2D eigenvalue weighted by Crippen LogP contribution is -2.22. The normalized spacial score (nSPS) is 11.4. The summed E-state index contributed by atoms with van der Waals surface area (Å²) < 4.78 is 28.3. The molecule has 0 saturated heterocycles. The fourth-order valence-corrected chi connectivity index (χ4v) is 3.38. The first kappa shape index (κ1) is 18.7. The van der Waals surface area contributed by atoms with Gasteiger partial charge < -0.3 is 0 Å². The smallest absolute Gasteiger partial charge is 0.266 e. The summed E-state index contributed by atoms with van der Waals surface area (Å²) in [6.07, 6.45) is 3.25. The van der Waals surface area contributed by atoms with Gasteiger partial charge in [-0.2, -0.15) is 0 Å². The second-order valence-electron chi connectivity index (χ2n) is 6.98. The number of para-hydroxylation sites is 1. The molecule has 0 aliphatic heterocycles. The molecule has 0 radical (unpaired) electrons. The van der Waals surface area contributed by atoms with Crippen LogP contribution in [0.3, 0.4) is 0 Å². The minimum atomic E-state index is -0.926. The molecule has 0 amide bonds. The van der Waals surface area contributed by atoms with Gasteiger partial charge >= 0.3 is 0 Å². The Morgan fingerprint density at radius 2 is 1.59 bits per heavy atom. The van der Waals surface area contributed by atoms with Crippen LogP contribution in [-0.2, 0) is 0 Å². The molecule has 0 aliphatic carbocycles. The first-order chi connectivity index (χ1) is 13.9. The van der Waals surface area contributed by atoms with Crippen LogP contribution in [0.15, 0.2) is 65.5 Å². The molecular formula is C24H18F2N2O. The Morgan fingerprint density at radius 1 is 0.862 bits per heavy atom. The Hall–Kier alpha value is -3.60. The molecule has 1 aromatic heterocycles. The summed E-state index contributed by atoms with van der Waals surface area (Å²) in [5.41, 5.74) is 3.61. The van der Waals surface area contributed by atoms with Crippen molar-refractivity contribution in [2.45, 2.75) is 13.8 Å². The molecule has 0 spiro atoms. The Kier molecular flexibility index (Phi) is 4.80. The van der Waals surface area contributed by atoms with Gasteiger partial charge in [0.1, 0.15) is 5.82 Å². The van der Waals surface area contributed by atoms with E-state index in [-0.39, 0.29) is 5.56 Å². The lowest BCUT2D eigenvalue weighted by molar-refractivity contribution is 0.508. The molecule has 144 valence electrons. The van der Waals surface area contributed by atoms with E-state index < -0.39 is 11.6 Å². The van der Waals surface area contributed by atoms with Crippen molar-refractivity contribution in [3.05, 3.63) is 105 Å². The van der Waals surface area contributed by atoms with Crippen LogP contribution in [0, 0.1) is 25.5 Å². The van der Waals surface area contributed by atoms with Crippen LogP contribution in [0.4, 0.5) is 8.78 Å². The summed E-state index contributed by atoms with van der Waals surface area (Å²) in [6, 6.07) is 16.6. The second kappa shape index (κ2) is 7.43. The van der Waals surface area contributed by atoms with E-state index in [9.17, 15) is 13.6 Å². The third-order valence-electron chi connectivity index (χ3n) is 4.63. The van der Waals surface area contributed by atoms with Gasteiger partial charge in [0.2, 0.25) is 0 Å². The predicted octanol–water partition coefficient (Wildman–Crippen LogP) is 5.45. The molecule has 0 saturated carbocycles. The number of aromatic nitrogens is 2. The average molecular weight is 388 g/mol. The van der Waals surface area contributed by atoms with E-state index in [1.807, 2.05) is 38.1 Å². The summed E-state index contributed by atoms with van der Waals surface area (Å²) >= 11 is 0. The van der Waals surface area contributed by atoms with Crippen molar-refractivity contribution in [3.63, 3.8) is 0 Å². The van der Waals surface area contributed by atoms with Crippen LogP contribution in [0.1, 0.15) is 22.5 Å². The number of hydrogen-bond donors (Lipinski definition) is 0. The van der Waals surface area contributed by atoms with Crippen molar-refractivity contribution in [2.24, 2.45) is 0 Å². The number of benzene rings is 3. The van der Waals surface area contributed by atoms with E-state index in [0.717, 1.165) is 23.3 Å². The van der Waals surface area contributed by atoms with Gasteiger partial charge in [-0.05, 0) is 73.0 Å². The Bertz CT molecular complexity index is 1300. The summed E-state index contributed by atoms with van der Waals surface area (Å²) in [5.74, 6) is -1.42. The van der Waals surface area contributed by atoms with Gasteiger partial charge in [-0.25, -0.2) is 13.8 Å². The maximum atomic E-state index is 13.5. The van der Waals surface area contributed by atoms with Crippen LogP contribution < -0.4 is 5.56 Å². The highest BCUT2D eigenvalue weighted by atomic mass is 19.2. The Morgan fingerprint density at radius 3 is 2.31 bits per heavy atom. The molecule has 0 unspecified atom stereocenters. The molecule has 0 fully saturated rings. The van der Waals surface area contributed by atoms with Crippen LogP contribution in [0.25, 0.3) is 28.7 Å². The van der Waals surface area contributed by atoms with Crippen LogP contribution in [-0.4, -0.2) is 9.55 Å². The van der Waals surface area contributed by atoms with Crippen molar-refractivity contribution in [1.29, 1.82) is 0 Å². The van der Waals surface area contributed by atoms with Crippen molar-refractivity contribution in [3.8, 4) is 5.69 Å². The first-order valence-electron chi connectivity index (χ1n) is 9.16. The number of fused-ring (bicyclic) bond motifs is 1. The predicted molar refractivity (Wildman–Crippen MR) is 112 cm³/mol. The van der Waals surface area contributed by atoms with Crippen LogP contribution in [0.2, 0.25) is 0 Å². The zero-order valence-electron chi connectivity index (χ0n) is 16.0. The third-order valence-corrected chi connectivity index (χ3v) is 4.63. The minimum Gasteiger partial charge on any atom is -0.268 e. The van der Waals surface area contributed by atoms with Crippen molar-refractivity contribution < 1.29 is 8.78 Å². The van der Waals surface area contributed by atoms with E-state index >= 15 is 0 Å². The van der Waals surface area contributed by atoms with Crippen molar-refractivity contribution in [1.82, 2.24) is 9.55 Å². The maximum Gasteiger partial charge on any atom is 0.266 e. The fourth-order valence-electron chi connectivity index (χ4n) is 3.38. The molecule has 4 rings (SSSR count). The molecular weight excluding hydrogens is 370 g/mol. The molecule has 1 heterocycles. The van der Waals surface area contributed by atoms with E-state index in [1.165, 1.54) is 6.07 Å².